The number of rotatable bonds is 6. The van der Waals surface area contributed by atoms with E-state index in [0.717, 1.165) is 42.3 Å². The summed E-state index contributed by atoms with van der Waals surface area (Å²) in [7, 11) is 1.65. The van der Waals surface area contributed by atoms with Gasteiger partial charge in [-0.3, -0.25) is 0 Å². The summed E-state index contributed by atoms with van der Waals surface area (Å²) >= 11 is 5.95. The predicted molar refractivity (Wildman–Crippen MR) is 130 cm³/mol. The first-order valence-electron chi connectivity index (χ1n) is 11.0. The molecule has 3 N–H and O–H groups in total. The number of nitrogens with one attached hydrogen (secondary N) is 3. The van der Waals surface area contributed by atoms with Crippen LogP contribution in [0.15, 0.2) is 60.8 Å². The van der Waals surface area contributed by atoms with E-state index in [1.807, 2.05) is 25.1 Å². The van der Waals surface area contributed by atoms with E-state index in [2.05, 4.69) is 33.1 Å². The standard InChI is InChI=1S/C25H28ClN5O2/c1-16-11-14-28-24(29-16)23(17-3-9-20(33-2)10-4-17)21-15-27-13-12-22(21)31-25(32)30-19-7-5-18(26)6-8-19/h3-11,14,21-23,27H,12-13,15H2,1-2H3,(H2,30,31,32). The number of anilines is 1. The number of halogens is 1. The Kier molecular flexibility index (Phi) is 7.42. The molecule has 2 amide bonds. The third-order valence-corrected chi connectivity index (χ3v) is 6.19. The van der Waals surface area contributed by atoms with Gasteiger partial charge in [0.1, 0.15) is 11.6 Å². The van der Waals surface area contributed by atoms with Gasteiger partial charge in [0, 0.05) is 47.0 Å². The molecule has 1 aromatic heterocycles. The van der Waals surface area contributed by atoms with Crippen molar-refractivity contribution < 1.29 is 9.53 Å². The second kappa shape index (κ2) is 10.6. The summed E-state index contributed by atoms with van der Waals surface area (Å²) in [6.07, 6.45) is 2.59. The number of carbonyl (C=O) groups excluding carboxylic acids is 1. The number of methoxy groups -OCH3 is 1. The minimum atomic E-state index is -0.243. The number of benzene rings is 2. The van der Waals surface area contributed by atoms with Gasteiger partial charge in [-0.15, -0.1) is 0 Å². The quantitative estimate of drug-likeness (QED) is 0.502. The molecule has 8 heteroatoms. The maximum Gasteiger partial charge on any atom is 0.319 e. The van der Waals surface area contributed by atoms with Gasteiger partial charge in [0.25, 0.3) is 0 Å². The van der Waals surface area contributed by atoms with Crippen LogP contribution in [0.1, 0.15) is 29.4 Å². The molecular weight excluding hydrogens is 438 g/mol. The highest BCUT2D eigenvalue weighted by molar-refractivity contribution is 6.30. The molecule has 33 heavy (non-hydrogen) atoms. The lowest BCUT2D eigenvalue weighted by Gasteiger charge is -2.37. The van der Waals surface area contributed by atoms with Crippen molar-refractivity contribution in [1.82, 2.24) is 20.6 Å². The molecule has 7 nitrogen and oxygen atoms in total. The summed E-state index contributed by atoms with van der Waals surface area (Å²) in [5, 5.41) is 10.2. The fourth-order valence-electron chi connectivity index (χ4n) is 4.30. The minimum absolute atomic E-state index is 0.0601. The first kappa shape index (κ1) is 23.0. The van der Waals surface area contributed by atoms with Crippen LogP contribution in [0.3, 0.4) is 0 Å². The molecule has 0 aliphatic carbocycles. The summed E-state index contributed by atoms with van der Waals surface area (Å²) in [5.41, 5.74) is 2.68. The molecule has 172 valence electrons. The van der Waals surface area contributed by atoms with Crippen LogP contribution >= 0.6 is 11.6 Å². The molecule has 1 aliphatic rings. The molecule has 1 fully saturated rings. The van der Waals surface area contributed by atoms with Crippen LogP contribution in [-0.4, -0.2) is 42.2 Å². The highest BCUT2D eigenvalue weighted by Crippen LogP contribution is 2.35. The Morgan fingerprint density at radius 3 is 2.61 bits per heavy atom. The van der Waals surface area contributed by atoms with E-state index < -0.39 is 0 Å². The van der Waals surface area contributed by atoms with Crippen LogP contribution in [0.2, 0.25) is 5.02 Å². The van der Waals surface area contributed by atoms with Crippen molar-refractivity contribution in [2.24, 2.45) is 5.92 Å². The zero-order valence-electron chi connectivity index (χ0n) is 18.7. The number of piperidine rings is 1. The lowest BCUT2D eigenvalue weighted by atomic mass is 9.77. The Morgan fingerprint density at radius 2 is 1.91 bits per heavy atom. The largest absolute Gasteiger partial charge is 0.497 e. The molecule has 0 radical (unpaired) electrons. The first-order chi connectivity index (χ1) is 16.0. The van der Waals surface area contributed by atoms with Gasteiger partial charge in [-0.05, 0) is 67.9 Å². The second-order valence-electron chi connectivity index (χ2n) is 8.18. The van der Waals surface area contributed by atoms with Crippen molar-refractivity contribution in [2.75, 3.05) is 25.5 Å². The van der Waals surface area contributed by atoms with Crippen molar-refractivity contribution in [2.45, 2.75) is 25.3 Å². The molecule has 2 aromatic carbocycles. The van der Waals surface area contributed by atoms with Crippen LogP contribution in [0.4, 0.5) is 10.5 Å². The second-order valence-corrected chi connectivity index (χ2v) is 8.61. The van der Waals surface area contributed by atoms with Crippen molar-refractivity contribution in [3.8, 4) is 5.75 Å². The topological polar surface area (TPSA) is 88.2 Å². The fraction of sp³-hybridized carbons (Fsp3) is 0.320. The van der Waals surface area contributed by atoms with Crippen LogP contribution in [0.5, 0.6) is 5.75 Å². The highest BCUT2D eigenvalue weighted by atomic mass is 35.5. The molecule has 3 unspecified atom stereocenters. The van der Waals surface area contributed by atoms with E-state index in [0.29, 0.717) is 10.7 Å². The first-order valence-corrected chi connectivity index (χ1v) is 11.4. The van der Waals surface area contributed by atoms with Crippen molar-refractivity contribution >= 4 is 23.3 Å². The SMILES string of the molecule is COc1ccc(C(c2nccc(C)n2)C2CNCCC2NC(=O)Nc2ccc(Cl)cc2)cc1. The molecular formula is C25H28ClN5O2. The van der Waals surface area contributed by atoms with E-state index in [9.17, 15) is 4.79 Å². The Morgan fingerprint density at radius 1 is 1.15 bits per heavy atom. The average Bonchev–Trinajstić information content (AvgIpc) is 2.82. The number of ether oxygens (including phenoxy) is 1. The molecule has 3 aromatic rings. The normalized spacial score (nSPS) is 18.9. The van der Waals surface area contributed by atoms with Gasteiger partial charge < -0.3 is 20.7 Å². The molecule has 1 aliphatic heterocycles. The zero-order chi connectivity index (χ0) is 23.2. The third-order valence-electron chi connectivity index (χ3n) is 5.94. The van der Waals surface area contributed by atoms with Gasteiger partial charge in [-0.2, -0.15) is 0 Å². The number of hydrogen-bond acceptors (Lipinski definition) is 5. The molecule has 3 atom stereocenters. The number of nitrogens with zero attached hydrogens (tertiary/aromatic N) is 2. The van der Waals surface area contributed by atoms with E-state index in [1.54, 1.807) is 37.6 Å². The van der Waals surface area contributed by atoms with Gasteiger partial charge in [-0.25, -0.2) is 14.8 Å². The summed E-state index contributed by atoms with van der Waals surface area (Å²) in [5.74, 6) is 1.51. The lowest BCUT2D eigenvalue weighted by molar-refractivity contribution is 0.225. The third kappa shape index (κ3) is 5.80. The Bertz CT molecular complexity index is 1070. The van der Waals surface area contributed by atoms with Crippen LogP contribution in [0, 0.1) is 12.8 Å². The number of carbonyl (C=O) groups is 1. The van der Waals surface area contributed by atoms with Gasteiger partial charge in [0.15, 0.2) is 0 Å². The number of urea groups is 1. The maximum absolute atomic E-state index is 12.8. The van der Waals surface area contributed by atoms with E-state index in [-0.39, 0.29) is 23.9 Å². The average molecular weight is 466 g/mol. The summed E-state index contributed by atoms with van der Waals surface area (Å²) < 4.78 is 5.34. The van der Waals surface area contributed by atoms with Crippen LogP contribution < -0.4 is 20.7 Å². The van der Waals surface area contributed by atoms with Crippen LogP contribution in [-0.2, 0) is 0 Å². The maximum atomic E-state index is 12.8. The zero-order valence-corrected chi connectivity index (χ0v) is 19.5. The molecule has 0 spiro atoms. The number of amides is 2. The Labute approximate surface area is 198 Å². The number of aromatic nitrogens is 2. The Balaban J connectivity index is 1.60. The number of aryl methyl sites for hydroxylation is 1. The van der Waals surface area contributed by atoms with Gasteiger partial charge in [0.05, 0.1) is 7.11 Å². The summed E-state index contributed by atoms with van der Waals surface area (Å²) in [4.78, 5) is 22.2. The molecule has 1 saturated heterocycles. The van der Waals surface area contributed by atoms with Gasteiger partial charge in [0.2, 0.25) is 0 Å². The highest BCUT2D eigenvalue weighted by Gasteiger charge is 2.36. The van der Waals surface area contributed by atoms with Crippen LogP contribution in [0.25, 0.3) is 0 Å². The minimum Gasteiger partial charge on any atom is -0.497 e. The monoisotopic (exact) mass is 465 g/mol. The summed E-state index contributed by atoms with van der Waals surface area (Å²) in [6, 6.07) is 16.6. The molecule has 2 heterocycles. The summed E-state index contributed by atoms with van der Waals surface area (Å²) in [6.45, 7) is 3.52. The fourth-order valence-corrected chi connectivity index (χ4v) is 4.42. The lowest BCUT2D eigenvalue weighted by Crippen LogP contribution is -2.52. The molecule has 0 bridgehead atoms. The van der Waals surface area contributed by atoms with E-state index in [1.165, 1.54) is 0 Å². The molecule has 0 saturated carbocycles. The van der Waals surface area contributed by atoms with E-state index >= 15 is 0 Å². The predicted octanol–water partition coefficient (Wildman–Crippen LogP) is 4.38. The smallest absolute Gasteiger partial charge is 0.319 e. The molecule has 4 rings (SSSR count). The van der Waals surface area contributed by atoms with Gasteiger partial charge in [-0.1, -0.05) is 23.7 Å². The van der Waals surface area contributed by atoms with Crippen molar-refractivity contribution in [1.29, 1.82) is 0 Å². The van der Waals surface area contributed by atoms with E-state index in [4.69, 9.17) is 21.3 Å². The Hall–Kier alpha value is -3.16. The number of hydrogen-bond donors (Lipinski definition) is 3. The van der Waals surface area contributed by atoms with Crippen molar-refractivity contribution in [3.63, 3.8) is 0 Å². The van der Waals surface area contributed by atoms with Crippen molar-refractivity contribution in [3.05, 3.63) is 82.9 Å². The van der Waals surface area contributed by atoms with Gasteiger partial charge >= 0.3 is 6.03 Å².